The molecule has 0 bridgehead atoms. The molecule has 164 valence electrons. The Balaban J connectivity index is 1.49. The number of hydrazone groups is 1. The van der Waals surface area contributed by atoms with Gasteiger partial charge in [-0.3, -0.25) is 25.2 Å². The van der Waals surface area contributed by atoms with Crippen LogP contribution >= 0.6 is 11.8 Å². The largest absolute Gasteiger partial charge is 0.433 e. The van der Waals surface area contributed by atoms with E-state index in [4.69, 9.17) is 9.41 Å². The summed E-state index contributed by atoms with van der Waals surface area (Å²) in [6, 6.07) is 20.0. The zero-order valence-corrected chi connectivity index (χ0v) is 17.9. The van der Waals surface area contributed by atoms with E-state index < -0.39 is 11.1 Å². The molecule has 0 unspecified atom stereocenters. The average molecular weight is 459 g/mol. The number of benzene rings is 2. The van der Waals surface area contributed by atoms with E-state index in [-0.39, 0.29) is 11.8 Å². The summed E-state index contributed by atoms with van der Waals surface area (Å²) in [5, 5.41) is 21.8. The highest BCUT2D eigenvalue weighted by Gasteiger charge is 2.32. The quantitative estimate of drug-likeness (QED) is 0.464. The minimum Gasteiger partial charge on any atom is -0.401 e. The number of nitrogens with zero attached hydrogens (tertiary/aromatic N) is 4. The van der Waals surface area contributed by atoms with Crippen molar-refractivity contribution < 1.29 is 14.1 Å². The maximum atomic E-state index is 13.1. The summed E-state index contributed by atoms with van der Waals surface area (Å²) >= 11 is 1.42. The van der Waals surface area contributed by atoms with Crippen LogP contribution in [-0.4, -0.2) is 27.2 Å². The molecular weight excluding hydrogens is 442 g/mol. The first-order valence-electron chi connectivity index (χ1n) is 10.0. The average Bonchev–Trinajstić information content (AvgIpc) is 3.31. The lowest BCUT2D eigenvalue weighted by Crippen LogP contribution is -2.52. The Labute approximate surface area is 192 Å². The van der Waals surface area contributed by atoms with Gasteiger partial charge < -0.3 is 4.42 Å². The van der Waals surface area contributed by atoms with Gasteiger partial charge in [0.2, 0.25) is 0 Å². The zero-order valence-electron chi connectivity index (χ0n) is 17.1. The summed E-state index contributed by atoms with van der Waals surface area (Å²) < 4.78 is 5.20. The van der Waals surface area contributed by atoms with E-state index in [2.05, 4.69) is 10.4 Å². The third kappa shape index (κ3) is 4.28. The van der Waals surface area contributed by atoms with Crippen molar-refractivity contribution in [2.45, 2.75) is 11.9 Å². The number of nitrogens with one attached hydrogen (secondary N) is 1. The van der Waals surface area contributed by atoms with Crippen LogP contribution in [0.3, 0.4) is 0 Å². The van der Waals surface area contributed by atoms with E-state index in [0.717, 1.165) is 5.56 Å². The van der Waals surface area contributed by atoms with Crippen molar-refractivity contribution in [3.63, 3.8) is 0 Å². The predicted octanol–water partition coefficient (Wildman–Crippen LogP) is 2.60. The van der Waals surface area contributed by atoms with E-state index in [1.807, 2.05) is 54.6 Å². The van der Waals surface area contributed by atoms with Gasteiger partial charge in [0, 0.05) is 11.0 Å². The van der Waals surface area contributed by atoms with Gasteiger partial charge in [-0.15, -0.1) is 5.10 Å². The molecule has 3 heterocycles. The number of hydrogen-bond acceptors (Lipinski definition) is 8. The molecule has 1 amide bonds. The molecule has 0 saturated carbocycles. The van der Waals surface area contributed by atoms with Gasteiger partial charge >= 0.3 is 5.88 Å². The molecule has 0 spiro atoms. The Morgan fingerprint density at radius 1 is 1.12 bits per heavy atom. The van der Waals surface area contributed by atoms with Gasteiger partial charge in [0.05, 0.1) is 11.4 Å². The van der Waals surface area contributed by atoms with Crippen LogP contribution < -0.4 is 15.9 Å². The monoisotopic (exact) mass is 459 g/mol. The smallest absolute Gasteiger partial charge is 0.401 e. The summed E-state index contributed by atoms with van der Waals surface area (Å²) in [6.07, 6.45) is 2.66. The van der Waals surface area contributed by atoms with Crippen LogP contribution in [0, 0.1) is 10.1 Å². The molecule has 2 aromatic carbocycles. The molecule has 33 heavy (non-hydrogen) atoms. The third-order valence-corrected chi connectivity index (χ3v) is 5.92. The van der Waals surface area contributed by atoms with Crippen molar-refractivity contribution in [1.82, 2.24) is 10.3 Å². The Morgan fingerprint density at radius 3 is 2.70 bits per heavy atom. The van der Waals surface area contributed by atoms with Crippen molar-refractivity contribution in [1.29, 1.82) is 0 Å². The minimum absolute atomic E-state index is 0.269. The standard InChI is InChI=1S/C23H17N5O4S/c29-22-21-17-8-4-5-9-18(17)24-19(12-10-16-11-13-20(32-16)28(30)31)27(21)26-23(25-22)33-14-15-6-2-1-3-7-15/h1-13,19H,14H2,(H,25,26,29)/b12-10+/t19-/m0/s1. The van der Waals surface area contributed by atoms with E-state index in [0.29, 0.717) is 33.0 Å². The summed E-state index contributed by atoms with van der Waals surface area (Å²) in [7, 11) is 0. The second-order valence-electron chi connectivity index (χ2n) is 7.18. The fourth-order valence-corrected chi connectivity index (χ4v) is 4.29. The SMILES string of the molecule is O=C1NC(SCc2ccccc2)=NN2C1=c1ccccc1=N[C@@H]2/C=C/c1ccc([N+](=O)[O-])o1. The molecule has 9 nitrogen and oxygen atoms in total. The van der Waals surface area contributed by atoms with Crippen LogP contribution in [0.5, 0.6) is 0 Å². The Morgan fingerprint density at radius 2 is 1.91 bits per heavy atom. The molecule has 0 radical (unpaired) electrons. The number of carbonyl (C=O) groups excluding carboxylic acids is 1. The number of amides is 1. The van der Waals surface area contributed by atoms with Gasteiger partial charge in [-0.05, 0) is 29.8 Å². The normalized spacial score (nSPS) is 17.2. The number of rotatable bonds is 5. The summed E-state index contributed by atoms with van der Waals surface area (Å²) in [5.74, 6) is 0.340. The number of nitro groups is 1. The van der Waals surface area contributed by atoms with Gasteiger partial charge in [-0.1, -0.05) is 60.3 Å². The third-order valence-electron chi connectivity index (χ3n) is 4.99. The highest BCUT2D eigenvalue weighted by atomic mass is 32.2. The van der Waals surface area contributed by atoms with Crippen molar-refractivity contribution in [3.8, 4) is 0 Å². The highest BCUT2D eigenvalue weighted by Crippen LogP contribution is 2.24. The van der Waals surface area contributed by atoms with Crippen LogP contribution in [0.1, 0.15) is 11.3 Å². The first-order chi connectivity index (χ1) is 16.1. The molecule has 0 saturated heterocycles. The number of furan rings is 1. The molecule has 0 aliphatic carbocycles. The van der Waals surface area contributed by atoms with Crippen LogP contribution in [0.15, 0.2) is 87.3 Å². The maximum Gasteiger partial charge on any atom is 0.433 e. The maximum absolute atomic E-state index is 13.1. The lowest BCUT2D eigenvalue weighted by molar-refractivity contribution is -0.402. The Hall–Kier alpha value is -4.18. The lowest BCUT2D eigenvalue weighted by Gasteiger charge is -2.32. The van der Waals surface area contributed by atoms with Crippen molar-refractivity contribution in [2.75, 3.05) is 0 Å². The predicted molar refractivity (Wildman–Crippen MR) is 124 cm³/mol. The first-order valence-corrected chi connectivity index (χ1v) is 11.0. The molecule has 5 rings (SSSR count). The van der Waals surface area contributed by atoms with Crippen molar-refractivity contribution >= 4 is 40.5 Å². The number of amidine groups is 1. The van der Waals surface area contributed by atoms with E-state index in [1.165, 1.54) is 23.9 Å². The molecule has 1 aromatic heterocycles. The fraction of sp³-hybridized carbons (Fsp3) is 0.0870. The molecule has 3 aromatic rings. The van der Waals surface area contributed by atoms with Gasteiger partial charge in [-0.25, -0.2) is 5.01 Å². The van der Waals surface area contributed by atoms with Crippen LogP contribution in [-0.2, 0) is 10.5 Å². The summed E-state index contributed by atoms with van der Waals surface area (Å²) in [6.45, 7) is 0. The van der Waals surface area contributed by atoms with Crippen molar-refractivity contribution in [3.05, 3.63) is 105 Å². The molecule has 1 N–H and O–H groups in total. The second-order valence-corrected chi connectivity index (χ2v) is 8.14. The Bertz CT molecular complexity index is 1410. The lowest BCUT2D eigenvalue weighted by atomic mass is 10.1. The number of fused-ring (bicyclic) bond motifs is 2. The van der Waals surface area contributed by atoms with Gasteiger partial charge in [0.1, 0.15) is 16.4 Å². The number of carbonyl (C=O) groups is 1. The van der Waals surface area contributed by atoms with E-state index >= 15 is 0 Å². The molecular formula is C23H17N5O4S. The van der Waals surface area contributed by atoms with Gasteiger partial charge in [0.15, 0.2) is 11.3 Å². The molecule has 2 aliphatic heterocycles. The zero-order chi connectivity index (χ0) is 22.8. The molecule has 2 aliphatic rings. The molecule has 1 atom stereocenters. The fourth-order valence-electron chi connectivity index (χ4n) is 3.48. The van der Waals surface area contributed by atoms with E-state index in [1.54, 1.807) is 17.2 Å². The van der Waals surface area contributed by atoms with Gasteiger partial charge in [-0.2, -0.15) is 0 Å². The second kappa shape index (κ2) is 8.75. The van der Waals surface area contributed by atoms with Gasteiger partial charge in [0.25, 0.3) is 5.91 Å². The van der Waals surface area contributed by atoms with E-state index in [9.17, 15) is 14.9 Å². The minimum atomic E-state index is -0.627. The molecule has 0 fully saturated rings. The first kappa shape index (κ1) is 20.7. The number of para-hydroxylation sites is 1. The molecule has 10 heteroatoms. The summed E-state index contributed by atoms with van der Waals surface area (Å²) in [5.41, 5.74) is 1.50. The topological polar surface area (TPSA) is 113 Å². The number of hydrogen-bond donors (Lipinski definition) is 1. The Kier molecular flexibility index (Phi) is 5.49. The van der Waals surface area contributed by atoms with Crippen LogP contribution in [0.2, 0.25) is 0 Å². The number of thioether (sulfide) groups is 1. The van der Waals surface area contributed by atoms with Crippen molar-refractivity contribution in [2.24, 2.45) is 10.1 Å². The van der Waals surface area contributed by atoms with Crippen LogP contribution in [0.25, 0.3) is 11.8 Å². The van der Waals surface area contributed by atoms with Crippen LogP contribution in [0.4, 0.5) is 5.88 Å². The summed E-state index contributed by atoms with van der Waals surface area (Å²) in [4.78, 5) is 28.1. The highest BCUT2D eigenvalue weighted by molar-refractivity contribution is 8.13.